The molecule has 15 heavy (non-hydrogen) atoms. The summed E-state index contributed by atoms with van der Waals surface area (Å²) in [5.74, 6) is -3.00. The van der Waals surface area contributed by atoms with Gasteiger partial charge in [0.15, 0.2) is 11.1 Å². The molecule has 0 amide bonds. The molecule has 0 aromatic heterocycles. The molecule has 0 aromatic carbocycles. The Morgan fingerprint density at radius 1 is 1.07 bits per heavy atom. The number of nitrogens with two attached hydrogens (primary N) is 2. The number of hydrogen-bond donors (Lipinski definition) is 5. The highest BCUT2D eigenvalue weighted by Gasteiger charge is 2.47. The summed E-state index contributed by atoms with van der Waals surface area (Å²) in [5, 5.41) is 4.45. The average molecular weight is 264 g/mol. The normalized spacial score (nSPS) is 18.5. The van der Waals surface area contributed by atoms with E-state index < -0.39 is 36.6 Å². The zero-order valence-corrected chi connectivity index (χ0v) is 9.23. The standard InChI is InChI=1S/C4H12N2O7S2/c1-2(14(8,9)10)3(4(5,6)7)15(11,12)13/h2-3,7H,5-6H2,1H3,(H,8,9,10)(H,11,12,13). The minimum atomic E-state index is -5.04. The van der Waals surface area contributed by atoms with Crippen LogP contribution in [0.2, 0.25) is 0 Å². The highest BCUT2D eigenvalue weighted by molar-refractivity contribution is 7.90. The van der Waals surface area contributed by atoms with E-state index in [0.29, 0.717) is 0 Å². The zero-order chi connectivity index (χ0) is 12.7. The van der Waals surface area contributed by atoms with Crippen molar-refractivity contribution in [2.45, 2.75) is 23.3 Å². The van der Waals surface area contributed by atoms with E-state index in [9.17, 15) is 16.8 Å². The van der Waals surface area contributed by atoms with Crippen LogP contribution < -0.4 is 11.5 Å². The summed E-state index contributed by atoms with van der Waals surface area (Å²) >= 11 is 0. The van der Waals surface area contributed by atoms with Crippen molar-refractivity contribution in [3.8, 4) is 0 Å². The molecule has 0 spiro atoms. The molecule has 2 atom stereocenters. The van der Waals surface area contributed by atoms with Gasteiger partial charge in [0.1, 0.15) is 5.25 Å². The molecular formula is C4H12N2O7S2. The van der Waals surface area contributed by atoms with Crippen LogP contribution in [0.15, 0.2) is 0 Å². The fourth-order valence-electron chi connectivity index (χ4n) is 1.01. The van der Waals surface area contributed by atoms with Crippen molar-refractivity contribution in [2.24, 2.45) is 11.5 Å². The molecule has 0 aliphatic carbocycles. The Kier molecular flexibility index (Phi) is 3.86. The van der Waals surface area contributed by atoms with Crippen molar-refractivity contribution in [1.29, 1.82) is 0 Å². The average Bonchev–Trinajstić information content (AvgIpc) is 1.76. The van der Waals surface area contributed by atoms with E-state index in [0.717, 1.165) is 6.92 Å². The lowest BCUT2D eigenvalue weighted by molar-refractivity contribution is 0.0456. The third-order valence-corrected chi connectivity index (χ3v) is 4.48. The lowest BCUT2D eigenvalue weighted by Crippen LogP contribution is -2.65. The largest absolute Gasteiger partial charge is 0.362 e. The van der Waals surface area contributed by atoms with Crippen molar-refractivity contribution in [1.82, 2.24) is 0 Å². The third kappa shape index (κ3) is 3.98. The first-order valence-corrected chi connectivity index (χ1v) is 6.51. The molecule has 0 aliphatic heterocycles. The van der Waals surface area contributed by atoms with Crippen molar-refractivity contribution in [3.05, 3.63) is 0 Å². The number of hydrogen-bond acceptors (Lipinski definition) is 7. The third-order valence-electron chi connectivity index (χ3n) is 1.67. The highest BCUT2D eigenvalue weighted by Crippen LogP contribution is 2.17. The summed E-state index contributed by atoms with van der Waals surface area (Å²) in [6.07, 6.45) is 0. The van der Waals surface area contributed by atoms with Gasteiger partial charge in [0.2, 0.25) is 0 Å². The summed E-state index contributed by atoms with van der Waals surface area (Å²) in [6.45, 7) is 0.721. The Labute approximate surface area is 86.6 Å². The second kappa shape index (κ2) is 3.93. The number of rotatable bonds is 4. The van der Waals surface area contributed by atoms with Gasteiger partial charge in [0, 0.05) is 0 Å². The molecule has 0 bridgehead atoms. The fourth-order valence-corrected chi connectivity index (χ4v) is 3.35. The topological polar surface area (TPSA) is 181 Å². The van der Waals surface area contributed by atoms with Gasteiger partial charge in [0.25, 0.3) is 20.2 Å². The lowest BCUT2D eigenvalue weighted by atomic mass is 10.2. The van der Waals surface area contributed by atoms with Crippen LogP contribution in [-0.2, 0) is 20.2 Å². The molecule has 0 saturated carbocycles. The molecule has 9 nitrogen and oxygen atoms in total. The minimum absolute atomic E-state index is 0.721. The van der Waals surface area contributed by atoms with Crippen LogP contribution >= 0.6 is 0 Å². The summed E-state index contributed by atoms with van der Waals surface area (Å²) in [4.78, 5) is 0. The van der Waals surface area contributed by atoms with Gasteiger partial charge >= 0.3 is 0 Å². The van der Waals surface area contributed by atoms with Crippen molar-refractivity contribution < 1.29 is 31.0 Å². The van der Waals surface area contributed by atoms with Gasteiger partial charge in [-0.05, 0) is 6.92 Å². The fraction of sp³-hybridized carbons (Fsp3) is 1.00. The van der Waals surface area contributed by atoms with Gasteiger partial charge in [-0.15, -0.1) is 0 Å². The molecule has 0 aromatic rings. The quantitative estimate of drug-likeness (QED) is 0.262. The second-order valence-electron chi connectivity index (χ2n) is 3.04. The van der Waals surface area contributed by atoms with Crippen LogP contribution in [0.25, 0.3) is 0 Å². The Bertz CT molecular complexity index is 418. The summed E-state index contributed by atoms with van der Waals surface area (Å²) < 4.78 is 59.9. The molecule has 0 fully saturated rings. The van der Waals surface area contributed by atoms with Gasteiger partial charge in [-0.25, -0.2) is 0 Å². The second-order valence-corrected chi connectivity index (χ2v) is 6.35. The predicted octanol–water partition coefficient (Wildman–Crippen LogP) is -2.92. The Balaban J connectivity index is 5.56. The van der Waals surface area contributed by atoms with E-state index in [1.165, 1.54) is 0 Å². The lowest BCUT2D eigenvalue weighted by Gasteiger charge is -2.28. The van der Waals surface area contributed by atoms with Crippen LogP contribution in [-0.4, -0.2) is 47.4 Å². The van der Waals surface area contributed by atoms with Gasteiger partial charge in [-0.1, -0.05) is 0 Å². The molecule has 0 rings (SSSR count). The maximum Gasteiger partial charge on any atom is 0.274 e. The first-order chi connectivity index (χ1) is 6.28. The zero-order valence-electron chi connectivity index (χ0n) is 7.60. The summed E-state index contributed by atoms with van der Waals surface area (Å²) in [7, 11) is -9.87. The van der Waals surface area contributed by atoms with E-state index in [-0.39, 0.29) is 0 Å². The van der Waals surface area contributed by atoms with E-state index in [4.69, 9.17) is 25.7 Å². The Morgan fingerprint density at radius 3 is 1.47 bits per heavy atom. The van der Waals surface area contributed by atoms with Gasteiger partial charge in [-0.2, -0.15) is 16.8 Å². The Hall–Kier alpha value is -0.300. The first kappa shape index (κ1) is 14.7. The molecule has 0 aliphatic rings. The smallest absolute Gasteiger partial charge is 0.274 e. The SMILES string of the molecule is CC(C(C(N)(N)O)S(=O)(=O)O)S(=O)(=O)O. The first-order valence-electron chi connectivity index (χ1n) is 3.50. The molecule has 7 N–H and O–H groups in total. The van der Waals surface area contributed by atoms with Gasteiger partial charge < -0.3 is 5.11 Å². The van der Waals surface area contributed by atoms with Crippen LogP contribution in [0.5, 0.6) is 0 Å². The van der Waals surface area contributed by atoms with Gasteiger partial charge in [-0.3, -0.25) is 20.6 Å². The summed E-state index contributed by atoms with van der Waals surface area (Å²) in [6, 6.07) is 0. The van der Waals surface area contributed by atoms with Crippen LogP contribution in [0.1, 0.15) is 6.92 Å². The van der Waals surface area contributed by atoms with Crippen LogP contribution in [0.3, 0.4) is 0 Å². The maximum absolute atomic E-state index is 10.7. The highest BCUT2D eigenvalue weighted by atomic mass is 32.2. The van der Waals surface area contributed by atoms with E-state index in [2.05, 4.69) is 0 Å². The monoisotopic (exact) mass is 264 g/mol. The van der Waals surface area contributed by atoms with Crippen molar-refractivity contribution >= 4 is 20.2 Å². The summed E-state index contributed by atoms with van der Waals surface area (Å²) in [5.41, 5.74) is 9.56. The van der Waals surface area contributed by atoms with Gasteiger partial charge in [0.05, 0.1) is 0 Å². The van der Waals surface area contributed by atoms with Crippen molar-refractivity contribution in [3.63, 3.8) is 0 Å². The van der Waals surface area contributed by atoms with Crippen molar-refractivity contribution in [2.75, 3.05) is 0 Å². The molecule has 11 heteroatoms. The minimum Gasteiger partial charge on any atom is -0.362 e. The number of aliphatic hydroxyl groups is 1. The molecule has 92 valence electrons. The predicted molar refractivity (Wildman–Crippen MR) is 49.7 cm³/mol. The maximum atomic E-state index is 10.7. The Morgan fingerprint density at radius 2 is 1.40 bits per heavy atom. The molecule has 0 heterocycles. The molecule has 0 saturated heterocycles. The van der Waals surface area contributed by atoms with E-state index in [1.54, 1.807) is 0 Å². The van der Waals surface area contributed by atoms with Crippen LogP contribution in [0.4, 0.5) is 0 Å². The molecule has 0 radical (unpaired) electrons. The van der Waals surface area contributed by atoms with E-state index in [1.807, 2.05) is 0 Å². The van der Waals surface area contributed by atoms with Crippen LogP contribution in [0, 0.1) is 0 Å². The molecule has 2 unspecified atom stereocenters. The van der Waals surface area contributed by atoms with E-state index >= 15 is 0 Å². The molecular weight excluding hydrogens is 252 g/mol.